The number of carboxylic acids is 1. The van der Waals surface area contributed by atoms with Crippen LogP contribution in [0.4, 0.5) is 4.79 Å². The first-order valence-corrected chi connectivity index (χ1v) is 6.30. The number of carbonyl (C=O) groups excluding carboxylic acids is 1. The summed E-state index contributed by atoms with van der Waals surface area (Å²) in [4.78, 5) is 24.6. The molecule has 0 aromatic heterocycles. The number of carbonyl (C=O) groups is 2. The first-order valence-electron chi connectivity index (χ1n) is 6.30. The highest BCUT2D eigenvalue weighted by atomic mass is 16.5. The molecule has 0 aromatic rings. The molecule has 0 saturated heterocycles. The predicted octanol–water partition coefficient (Wildman–Crippen LogP) is 1.33. The summed E-state index contributed by atoms with van der Waals surface area (Å²) in [7, 11) is 1.56. The molecule has 6 nitrogen and oxygen atoms in total. The van der Waals surface area contributed by atoms with Crippen molar-refractivity contribution in [1.82, 2.24) is 10.2 Å². The van der Waals surface area contributed by atoms with E-state index in [1.54, 1.807) is 12.0 Å². The van der Waals surface area contributed by atoms with Gasteiger partial charge in [0.2, 0.25) is 0 Å². The van der Waals surface area contributed by atoms with E-state index >= 15 is 0 Å². The van der Waals surface area contributed by atoms with Crippen molar-refractivity contribution in [3.8, 4) is 0 Å². The zero-order valence-electron chi connectivity index (χ0n) is 11.9. The Kier molecular flexibility index (Phi) is 8.61. The first kappa shape index (κ1) is 17.4. The van der Waals surface area contributed by atoms with Crippen LogP contribution in [0.5, 0.6) is 0 Å². The number of hydrogen-bond acceptors (Lipinski definition) is 3. The molecule has 0 spiro atoms. The summed E-state index contributed by atoms with van der Waals surface area (Å²) in [6, 6.07) is -1.33. The third-order valence-corrected chi connectivity index (χ3v) is 2.44. The zero-order chi connectivity index (χ0) is 14.8. The molecule has 0 saturated carbocycles. The Hall–Kier alpha value is -1.56. The van der Waals surface area contributed by atoms with E-state index in [1.807, 2.05) is 13.8 Å². The van der Waals surface area contributed by atoms with E-state index in [1.165, 1.54) is 6.08 Å². The number of ether oxygens (including phenoxy) is 1. The second-order valence-electron chi connectivity index (χ2n) is 4.70. The molecule has 0 bridgehead atoms. The molecule has 0 aliphatic carbocycles. The smallest absolute Gasteiger partial charge is 0.326 e. The Morgan fingerprint density at radius 3 is 2.53 bits per heavy atom. The summed E-state index contributed by atoms with van der Waals surface area (Å²) in [5.74, 6) is -0.769. The highest BCUT2D eigenvalue weighted by Crippen LogP contribution is 2.01. The van der Waals surface area contributed by atoms with E-state index < -0.39 is 12.0 Å². The molecular weight excluding hydrogens is 248 g/mol. The minimum absolute atomic E-state index is 0.195. The molecule has 1 unspecified atom stereocenters. The molecule has 0 heterocycles. The number of methoxy groups -OCH3 is 1. The molecule has 0 aliphatic rings. The second-order valence-corrected chi connectivity index (χ2v) is 4.70. The summed E-state index contributed by atoms with van der Waals surface area (Å²) in [6.07, 6.45) is 1.67. The van der Waals surface area contributed by atoms with Crippen LogP contribution in [0.1, 0.15) is 20.3 Å². The van der Waals surface area contributed by atoms with Gasteiger partial charge in [-0.3, -0.25) is 0 Å². The van der Waals surface area contributed by atoms with Gasteiger partial charge in [-0.1, -0.05) is 19.9 Å². The summed E-state index contributed by atoms with van der Waals surface area (Å²) in [6.45, 7) is 8.87. The van der Waals surface area contributed by atoms with Crippen molar-refractivity contribution in [2.45, 2.75) is 26.3 Å². The standard InChI is InChI=1S/C13H24N2O4/c1-5-6-11(12(16)17)14-13(18)15(7-8-19-4)9-10(2)3/h5,10-11H,1,6-9H2,2-4H3,(H,14,18)(H,16,17). The first-order chi connectivity index (χ1) is 8.92. The van der Waals surface area contributed by atoms with Crippen LogP contribution in [0.15, 0.2) is 12.7 Å². The van der Waals surface area contributed by atoms with Gasteiger partial charge in [0.25, 0.3) is 0 Å². The number of nitrogens with one attached hydrogen (secondary N) is 1. The Bertz CT molecular complexity index is 305. The lowest BCUT2D eigenvalue weighted by Gasteiger charge is -2.26. The third kappa shape index (κ3) is 7.46. The van der Waals surface area contributed by atoms with Crippen LogP contribution in [0, 0.1) is 5.92 Å². The van der Waals surface area contributed by atoms with Crippen LogP contribution < -0.4 is 5.32 Å². The minimum Gasteiger partial charge on any atom is -0.480 e. The summed E-state index contributed by atoms with van der Waals surface area (Å²) >= 11 is 0. The van der Waals surface area contributed by atoms with Gasteiger partial charge in [-0.2, -0.15) is 0 Å². The molecule has 0 fully saturated rings. The second kappa shape index (κ2) is 9.38. The van der Waals surface area contributed by atoms with Crippen molar-refractivity contribution in [1.29, 1.82) is 0 Å². The Morgan fingerprint density at radius 1 is 1.47 bits per heavy atom. The van der Waals surface area contributed by atoms with Gasteiger partial charge in [-0.15, -0.1) is 6.58 Å². The van der Waals surface area contributed by atoms with Gasteiger partial charge in [-0.25, -0.2) is 9.59 Å². The van der Waals surface area contributed by atoms with Crippen LogP contribution in [0.25, 0.3) is 0 Å². The lowest BCUT2D eigenvalue weighted by Crippen LogP contribution is -2.49. The highest BCUT2D eigenvalue weighted by Gasteiger charge is 2.22. The SMILES string of the molecule is C=CCC(NC(=O)N(CCOC)CC(C)C)C(=O)O. The Labute approximate surface area is 114 Å². The molecule has 0 rings (SSSR count). The number of rotatable bonds is 9. The van der Waals surface area contributed by atoms with Crippen LogP contribution in [0.3, 0.4) is 0 Å². The molecule has 2 N–H and O–H groups in total. The highest BCUT2D eigenvalue weighted by molar-refractivity contribution is 5.82. The van der Waals surface area contributed by atoms with Crippen molar-refractivity contribution < 1.29 is 19.4 Å². The number of nitrogens with zero attached hydrogens (tertiary/aromatic N) is 1. The third-order valence-electron chi connectivity index (χ3n) is 2.44. The fraction of sp³-hybridized carbons (Fsp3) is 0.692. The number of aliphatic carboxylic acids is 1. The lowest BCUT2D eigenvalue weighted by atomic mass is 10.2. The fourth-order valence-electron chi connectivity index (χ4n) is 1.55. The van der Waals surface area contributed by atoms with E-state index in [4.69, 9.17) is 9.84 Å². The number of urea groups is 1. The summed E-state index contributed by atoms with van der Waals surface area (Å²) in [5.41, 5.74) is 0. The van der Waals surface area contributed by atoms with Crippen LogP contribution in [-0.4, -0.2) is 54.9 Å². The van der Waals surface area contributed by atoms with Gasteiger partial charge >= 0.3 is 12.0 Å². The normalized spacial score (nSPS) is 12.0. The zero-order valence-corrected chi connectivity index (χ0v) is 11.9. The van der Waals surface area contributed by atoms with Gasteiger partial charge in [0, 0.05) is 20.2 Å². The van der Waals surface area contributed by atoms with Gasteiger partial charge in [0.15, 0.2) is 0 Å². The van der Waals surface area contributed by atoms with Crippen molar-refractivity contribution in [2.75, 3.05) is 26.8 Å². The van der Waals surface area contributed by atoms with Gasteiger partial charge in [-0.05, 0) is 12.3 Å². The number of hydrogen-bond donors (Lipinski definition) is 2. The molecule has 0 aromatic carbocycles. The summed E-state index contributed by atoms with van der Waals surface area (Å²) < 4.78 is 4.95. The summed E-state index contributed by atoms with van der Waals surface area (Å²) in [5, 5.41) is 11.5. The molecule has 6 heteroatoms. The monoisotopic (exact) mass is 272 g/mol. The van der Waals surface area contributed by atoms with Gasteiger partial charge < -0.3 is 20.1 Å². The van der Waals surface area contributed by atoms with Crippen molar-refractivity contribution in [3.63, 3.8) is 0 Å². The Morgan fingerprint density at radius 2 is 2.11 bits per heavy atom. The van der Waals surface area contributed by atoms with Crippen LogP contribution >= 0.6 is 0 Å². The lowest BCUT2D eigenvalue weighted by molar-refractivity contribution is -0.139. The molecule has 19 heavy (non-hydrogen) atoms. The number of amides is 2. The average Bonchev–Trinajstić information content (AvgIpc) is 2.33. The fourth-order valence-corrected chi connectivity index (χ4v) is 1.55. The van der Waals surface area contributed by atoms with E-state index in [2.05, 4.69) is 11.9 Å². The Balaban J connectivity index is 4.58. The molecular formula is C13H24N2O4. The van der Waals surface area contributed by atoms with Crippen molar-refractivity contribution in [3.05, 3.63) is 12.7 Å². The quantitative estimate of drug-likeness (QED) is 0.621. The molecule has 110 valence electrons. The number of carboxylic acid groups (broad SMARTS) is 1. The molecule has 0 radical (unpaired) electrons. The molecule has 0 aliphatic heterocycles. The average molecular weight is 272 g/mol. The van der Waals surface area contributed by atoms with E-state index in [0.717, 1.165) is 0 Å². The minimum atomic E-state index is -1.07. The molecule has 1 atom stereocenters. The molecule has 2 amide bonds. The topological polar surface area (TPSA) is 78.9 Å². The maximum absolute atomic E-state index is 12.0. The van der Waals surface area contributed by atoms with Gasteiger partial charge in [0.1, 0.15) is 6.04 Å². The maximum Gasteiger partial charge on any atom is 0.326 e. The van der Waals surface area contributed by atoms with Crippen molar-refractivity contribution >= 4 is 12.0 Å². The maximum atomic E-state index is 12.0. The van der Waals surface area contributed by atoms with Crippen LogP contribution in [0.2, 0.25) is 0 Å². The van der Waals surface area contributed by atoms with E-state index in [0.29, 0.717) is 25.6 Å². The largest absolute Gasteiger partial charge is 0.480 e. The van der Waals surface area contributed by atoms with E-state index in [9.17, 15) is 9.59 Å². The van der Waals surface area contributed by atoms with Gasteiger partial charge in [0.05, 0.1) is 6.61 Å². The predicted molar refractivity (Wildman–Crippen MR) is 73.1 cm³/mol. The van der Waals surface area contributed by atoms with E-state index in [-0.39, 0.29) is 12.5 Å². The van der Waals surface area contributed by atoms with Crippen molar-refractivity contribution in [2.24, 2.45) is 5.92 Å². The van der Waals surface area contributed by atoms with Crippen LogP contribution in [-0.2, 0) is 9.53 Å².